The van der Waals surface area contributed by atoms with E-state index in [2.05, 4.69) is 142 Å². The van der Waals surface area contributed by atoms with Gasteiger partial charge >= 0.3 is 17.9 Å². The van der Waals surface area contributed by atoms with Gasteiger partial charge in [-0.15, -0.1) is 0 Å². The van der Waals surface area contributed by atoms with Gasteiger partial charge in [0.05, 0.1) is 0 Å². The average molecular weight is 984 g/mol. The lowest BCUT2D eigenvalue weighted by Gasteiger charge is -2.18. The third kappa shape index (κ3) is 56.6. The predicted molar refractivity (Wildman–Crippen MR) is 306 cm³/mol. The summed E-state index contributed by atoms with van der Waals surface area (Å²) in [5.74, 6) is -0.988. The van der Waals surface area contributed by atoms with Crippen molar-refractivity contribution in [2.75, 3.05) is 13.2 Å². The lowest BCUT2D eigenvalue weighted by atomic mass is 10.1. The molecule has 0 aliphatic heterocycles. The molecule has 0 bridgehead atoms. The molecule has 0 aromatic heterocycles. The fraction of sp³-hybridized carbons (Fsp3) is 0.646. The van der Waals surface area contributed by atoms with Crippen LogP contribution in [0, 0.1) is 0 Å². The standard InChI is InChI=1S/C65H106O6/c1-4-7-10-13-16-19-22-25-28-31-32-35-38-41-44-47-50-53-56-59-65(68)71-62(60-69-63(66)57-54-51-48-45-42-39-36-33-29-26-23-20-17-14-11-8-5-2)61-70-64(67)58-55-52-49-46-43-40-37-34-30-27-24-21-18-15-12-9-6-3/h16-21,25-30,32,35-37,39-41,44,62H,4-15,22-24,31,33-34,38,42-43,45-61H2,1-3H3/b19-16-,20-17-,21-18-,28-25-,29-26-,30-27-,35-32-,39-36-,40-37-,44-41-. The van der Waals surface area contributed by atoms with E-state index in [0.29, 0.717) is 19.3 Å². The summed E-state index contributed by atoms with van der Waals surface area (Å²) in [5.41, 5.74) is 0. The Hall–Kier alpha value is -4.19. The molecule has 0 aromatic carbocycles. The molecule has 0 saturated heterocycles. The van der Waals surface area contributed by atoms with E-state index in [1.165, 1.54) is 77.0 Å². The molecule has 0 aliphatic rings. The Morgan fingerprint density at radius 3 is 0.789 bits per heavy atom. The molecule has 0 amide bonds. The Morgan fingerprint density at radius 2 is 0.507 bits per heavy atom. The average Bonchev–Trinajstić information content (AvgIpc) is 3.37. The van der Waals surface area contributed by atoms with Gasteiger partial charge < -0.3 is 14.2 Å². The zero-order valence-electron chi connectivity index (χ0n) is 45.9. The van der Waals surface area contributed by atoms with Crippen LogP contribution in [0.15, 0.2) is 122 Å². The van der Waals surface area contributed by atoms with Crippen LogP contribution in [0.1, 0.15) is 252 Å². The molecule has 0 atom stereocenters. The highest BCUT2D eigenvalue weighted by Gasteiger charge is 2.19. The topological polar surface area (TPSA) is 78.9 Å². The van der Waals surface area contributed by atoms with Crippen molar-refractivity contribution in [1.82, 2.24) is 0 Å². The minimum atomic E-state index is -0.818. The second-order valence-corrected chi connectivity index (χ2v) is 18.8. The van der Waals surface area contributed by atoms with E-state index < -0.39 is 6.10 Å². The summed E-state index contributed by atoms with van der Waals surface area (Å²) in [7, 11) is 0. The minimum absolute atomic E-state index is 0.113. The van der Waals surface area contributed by atoms with Gasteiger partial charge in [-0.25, -0.2) is 0 Å². The van der Waals surface area contributed by atoms with Crippen molar-refractivity contribution >= 4 is 17.9 Å². The van der Waals surface area contributed by atoms with Gasteiger partial charge in [0, 0.05) is 19.3 Å². The number of hydrogen-bond donors (Lipinski definition) is 0. The van der Waals surface area contributed by atoms with Crippen molar-refractivity contribution in [3.8, 4) is 0 Å². The van der Waals surface area contributed by atoms with Gasteiger partial charge in [0.15, 0.2) is 6.10 Å². The first-order chi connectivity index (χ1) is 35.0. The van der Waals surface area contributed by atoms with Gasteiger partial charge in [0.25, 0.3) is 0 Å². The van der Waals surface area contributed by atoms with Crippen molar-refractivity contribution in [2.45, 2.75) is 258 Å². The number of carbonyl (C=O) groups is 3. The number of rotatable bonds is 51. The molecule has 0 aromatic rings. The number of hydrogen-bond acceptors (Lipinski definition) is 6. The van der Waals surface area contributed by atoms with E-state index in [4.69, 9.17) is 14.2 Å². The number of allylic oxidation sites excluding steroid dienone is 20. The Balaban J connectivity index is 4.56. The van der Waals surface area contributed by atoms with Gasteiger partial charge in [-0.3, -0.25) is 14.4 Å². The molecule has 0 spiro atoms. The van der Waals surface area contributed by atoms with Crippen LogP contribution >= 0.6 is 0 Å². The number of carbonyl (C=O) groups excluding carboxylic acids is 3. The Kier molecular flexibility index (Phi) is 54.9. The van der Waals surface area contributed by atoms with Crippen molar-refractivity contribution in [2.24, 2.45) is 0 Å². The van der Waals surface area contributed by atoms with Crippen molar-refractivity contribution in [1.29, 1.82) is 0 Å². The molecular formula is C65H106O6. The molecule has 0 N–H and O–H groups in total. The van der Waals surface area contributed by atoms with Crippen LogP contribution in [-0.4, -0.2) is 37.2 Å². The van der Waals surface area contributed by atoms with Crippen LogP contribution in [-0.2, 0) is 28.6 Å². The molecule has 0 rings (SSSR count). The summed E-state index contributed by atoms with van der Waals surface area (Å²) >= 11 is 0. The largest absolute Gasteiger partial charge is 0.462 e. The fourth-order valence-electron chi connectivity index (χ4n) is 7.50. The smallest absolute Gasteiger partial charge is 0.306 e. The van der Waals surface area contributed by atoms with E-state index in [9.17, 15) is 14.4 Å². The van der Waals surface area contributed by atoms with Crippen molar-refractivity contribution in [3.05, 3.63) is 122 Å². The molecule has 6 heteroatoms. The predicted octanol–water partition coefficient (Wildman–Crippen LogP) is 19.6. The van der Waals surface area contributed by atoms with Crippen molar-refractivity contribution in [3.63, 3.8) is 0 Å². The highest BCUT2D eigenvalue weighted by atomic mass is 16.6. The molecule has 6 nitrogen and oxygen atoms in total. The zero-order chi connectivity index (χ0) is 51.4. The molecule has 0 unspecified atom stereocenters. The molecular weight excluding hydrogens is 877 g/mol. The van der Waals surface area contributed by atoms with E-state index >= 15 is 0 Å². The van der Waals surface area contributed by atoms with Crippen LogP contribution in [0.5, 0.6) is 0 Å². The van der Waals surface area contributed by atoms with E-state index in [-0.39, 0.29) is 37.5 Å². The minimum Gasteiger partial charge on any atom is -0.462 e. The highest BCUT2D eigenvalue weighted by Crippen LogP contribution is 2.12. The lowest BCUT2D eigenvalue weighted by Crippen LogP contribution is -2.30. The number of unbranched alkanes of at least 4 members (excludes halogenated alkanes) is 20. The second-order valence-electron chi connectivity index (χ2n) is 18.8. The number of ether oxygens (including phenoxy) is 3. The molecule has 0 fully saturated rings. The maximum Gasteiger partial charge on any atom is 0.306 e. The summed E-state index contributed by atoms with van der Waals surface area (Å²) in [4.78, 5) is 38.2. The molecule has 0 heterocycles. The Labute approximate surface area is 437 Å². The molecule has 0 saturated carbocycles. The Bertz CT molecular complexity index is 1430. The maximum atomic E-state index is 12.9. The van der Waals surface area contributed by atoms with Gasteiger partial charge in [0.1, 0.15) is 13.2 Å². The molecule has 71 heavy (non-hydrogen) atoms. The van der Waals surface area contributed by atoms with Crippen LogP contribution in [0.2, 0.25) is 0 Å². The van der Waals surface area contributed by atoms with Gasteiger partial charge in [-0.05, 0) is 141 Å². The van der Waals surface area contributed by atoms with Crippen molar-refractivity contribution < 1.29 is 28.6 Å². The van der Waals surface area contributed by atoms with E-state index in [0.717, 1.165) is 128 Å². The summed E-state index contributed by atoms with van der Waals surface area (Å²) in [6, 6.07) is 0. The van der Waals surface area contributed by atoms with Crippen LogP contribution in [0.3, 0.4) is 0 Å². The van der Waals surface area contributed by atoms with Crippen LogP contribution in [0.4, 0.5) is 0 Å². The molecule has 0 radical (unpaired) electrons. The third-order valence-corrected chi connectivity index (χ3v) is 11.9. The fourth-order valence-corrected chi connectivity index (χ4v) is 7.50. The monoisotopic (exact) mass is 983 g/mol. The molecule has 0 aliphatic carbocycles. The van der Waals surface area contributed by atoms with Gasteiger partial charge in [-0.1, -0.05) is 213 Å². The first-order valence-electron chi connectivity index (χ1n) is 29.0. The summed E-state index contributed by atoms with van der Waals surface area (Å²) in [6.45, 7) is 6.49. The van der Waals surface area contributed by atoms with Gasteiger partial charge in [0.2, 0.25) is 0 Å². The highest BCUT2D eigenvalue weighted by molar-refractivity contribution is 5.71. The lowest BCUT2D eigenvalue weighted by molar-refractivity contribution is -0.167. The summed E-state index contributed by atoms with van der Waals surface area (Å²) in [6.07, 6.45) is 80.3. The Morgan fingerprint density at radius 1 is 0.282 bits per heavy atom. The first-order valence-corrected chi connectivity index (χ1v) is 29.0. The van der Waals surface area contributed by atoms with E-state index in [1.54, 1.807) is 0 Å². The molecule has 402 valence electrons. The van der Waals surface area contributed by atoms with Crippen LogP contribution in [0.25, 0.3) is 0 Å². The maximum absolute atomic E-state index is 12.9. The van der Waals surface area contributed by atoms with E-state index in [1.807, 2.05) is 0 Å². The second kappa shape index (κ2) is 58.4. The zero-order valence-corrected chi connectivity index (χ0v) is 45.9. The first kappa shape index (κ1) is 66.8. The summed E-state index contributed by atoms with van der Waals surface area (Å²) in [5, 5.41) is 0. The SMILES string of the molecule is CCCCC/C=C\C/C=C\C/C=C\C/C=C\CCCCCC(=O)OC(COC(=O)CCCCCC/C=C\C/C=C\C/C=C\CCCCC)COC(=O)CCCCCC/C=C\C/C=C\C/C=C\CCCCC. The third-order valence-electron chi connectivity index (χ3n) is 11.9. The van der Waals surface area contributed by atoms with Gasteiger partial charge in [-0.2, -0.15) is 0 Å². The normalized spacial score (nSPS) is 12.6. The van der Waals surface area contributed by atoms with Crippen LogP contribution < -0.4 is 0 Å². The summed E-state index contributed by atoms with van der Waals surface area (Å²) < 4.78 is 16.8. The number of esters is 3. The quantitative estimate of drug-likeness (QED) is 0.0261.